The summed E-state index contributed by atoms with van der Waals surface area (Å²) < 4.78 is 0. The second-order valence-corrected chi connectivity index (χ2v) is 11.2. The first kappa shape index (κ1) is 26.4. The molecular formula is C28H33N3O7. The number of ketones is 4. The molecule has 1 heterocycles. The van der Waals surface area contributed by atoms with Gasteiger partial charge in [-0.25, -0.2) is 0 Å². The zero-order valence-corrected chi connectivity index (χ0v) is 21.8. The van der Waals surface area contributed by atoms with Gasteiger partial charge in [0.25, 0.3) is 0 Å². The lowest BCUT2D eigenvalue weighted by Crippen LogP contribution is -2.74. The van der Waals surface area contributed by atoms with Gasteiger partial charge in [0.1, 0.15) is 5.75 Å². The predicted octanol–water partition coefficient (Wildman–Crippen LogP) is -0.199. The van der Waals surface area contributed by atoms with Crippen molar-refractivity contribution in [3.05, 3.63) is 40.5 Å². The van der Waals surface area contributed by atoms with Gasteiger partial charge in [0.05, 0.1) is 17.5 Å². The number of Topliss-reactive ketones (excluding diaryl/α,β-unsaturated/α-hetero) is 4. The molecule has 4 N–H and O–H groups in total. The molecule has 0 saturated heterocycles. The fraction of sp³-hybridized carbons (Fsp3) is 0.536. The molecule has 38 heavy (non-hydrogen) atoms. The van der Waals surface area contributed by atoms with Crippen molar-refractivity contribution in [2.24, 2.45) is 29.4 Å². The summed E-state index contributed by atoms with van der Waals surface area (Å²) in [6.07, 6.45) is 4.99. The Balaban J connectivity index is 1.61. The van der Waals surface area contributed by atoms with Gasteiger partial charge in [0.15, 0.2) is 34.7 Å². The molecule has 1 aliphatic heterocycles. The molecule has 5 rings (SSSR count). The highest BCUT2D eigenvalue weighted by Gasteiger charge is 2.69. The Morgan fingerprint density at radius 3 is 2.37 bits per heavy atom. The lowest BCUT2D eigenvalue weighted by molar-refractivity contribution is -0.181. The summed E-state index contributed by atoms with van der Waals surface area (Å²) in [6.45, 7) is 3.82. The molecule has 10 heteroatoms. The highest BCUT2D eigenvalue weighted by molar-refractivity contribution is 6.32. The van der Waals surface area contributed by atoms with Gasteiger partial charge in [-0.2, -0.15) is 0 Å². The summed E-state index contributed by atoms with van der Waals surface area (Å²) in [4.78, 5) is 70.1. The average molecular weight is 524 g/mol. The van der Waals surface area contributed by atoms with Crippen molar-refractivity contribution in [2.75, 3.05) is 27.2 Å². The number of rotatable bonds is 5. The van der Waals surface area contributed by atoms with E-state index in [1.54, 1.807) is 14.1 Å². The first-order valence-electron chi connectivity index (χ1n) is 13.0. The van der Waals surface area contributed by atoms with Gasteiger partial charge in [-0.3, -0.25) is 33.8 Å². The zero-order valence-electron chi connectivity index (χ0n) is 21.8. The van der Waals surface area contributed by atoms with E-state index in [0.29, 0.717) is 24.1 Å². The Bertz CT molecular complexity index is 1290. The number of nitrogens with zero attached hydrogens (tertiary/aromatic N) is 2. The second kappa shape index (κ2) is 9.21. The van der Waals surface area contributed by atoms with Gasteiger partial charge in [0.2, 0.25) is 5.91 Å². The molecule has 2 unspecified atom stereocenters. The van der Waals surface area contributed by atoms with Gasteiger partial charge in [0, 0.05) is 31.1 Å². The number of phenolic OH excluding ortho intramolecular Hbond substituents is 1. The number of primary amides is 1. The number of hydrogen-bond donors (Lipinski definition) is 3. The standard InChI is InChI=1S/C28H33N3O7/c1-4-13-9-15(12-31-7-5-6-8-31)22(32)19-16(13)10-14-11-17-21(30(2)3)24(34)20(27(29)37)26(36)28(17,38)25(35)18(14)23(19)33/h5-6,9,14,17-18,20-21,32,38H,4,7-8,10-12H2,1-3H3,(H2,29,37)/t14-,17-,18?,20?,21-,28-/m0/s1. The monoisotopic (exact) mass is 523 g/mol. The SMILES string of the molecule is CCc1cc(CN2CC=CC2)c(O)c2c1C[C@H]1C[C@H]3[C@H](N(C)C)C(=O)C(C(N)=O)C(=O)[C@@]3(O)C(=O)C1C2=O. The van der Waals surface area contributed by atoms with Crippen molar-refractivity contribution >= 4 is 29.0 Å². The number of aromatic hydroxyl groups is 1. The highest BCUT2D eigenvalue weighted by Crippen LogP contribution is 2.51. The third-order valence-corrected chi connectivity index (χ3v) is 8.90. The molecule has 0 aromatic heterocycles. The molecule has 0 radical (unpaired) electrons. The lowest BCUT2D eigenvalue weighted by Gasteiger charge is -2.52. The zero-order chi connectivity index (χ0) is 27.7. The van der Waals surface area contributed by atoms with Crippen LogP contribution in [0.1, 0.15) is 40.4 Å². The van der Waals surface area contributed by atoms with E-state index in [2.05, 4.69) is 4.90 Å². The summed E-state index contributed by atoms with van der Waals surface area (Å²) in [5.41, 5.74) is 4.87. The van der Waals surface area contributed by atoms with E-state index >= 15 is 0 Å². The number of aliphatic hydroxyl groups is 1. The normalized spacial score (nSPS) is 32.9. The van der Waals surface area contributed by atoms with Crippen molar-refractivity contribution in [3.63, 3.8) is 0 Å². The van der Waals surface area contributed by atoms with Crippen LogP contribution < -0.4 is 5.73 Å². The van der Waals surface area contributed by atoms with Crippen LogP contribution in [0.5, 0.6) is 5.75 Å². The molecule has 4 aliphatic rings. The Hall–Kier alpha value is -3.21. The smallest absolute Gasteiger partial charge is 0.235 e. The van der Waals surface area contributed by atoms with Gasteiger partial charge < -0.3 is 15.9 Å². The number of nitrogens with two attached hydrogens (primary N) is 1. The molecule has 202 valence electrons. The van der Waals surface area contributed by atoms with Crippen LogP contribution in [0.15, 0.2) is 18.2 Å². The Kier molecular flexibility index (Phi) is 6.40. The molecule has 1 aromatic rings. The maximum absolute atomic E-state index is 14.0. The van der Waals surface area contributed by atoms with E-state index in [0.717, 1.165) is 18.7 Å². The summed E-state index contributed by atoms with van der Waals surface area (Å²) in [6, 6.07) is 0.807. The number of carbonyl (C=O) groups is 5. The molecule has 0 spiro atoms. The molecule has 2 fully saturated rings. The lowest BCUT2D eigenvalue weighted by atomic mass is 9.52. The summed E-state index contributed by atoms with van der Waals surface area (Å²) in [5, 5.41) is 22.9. The van der Waals surface area contributed by atoms with E-state index in [1.165, 1.54) is 4.90 Å². The minimum atomic E-state index is -2.71. The molecule has 0 bridgehead atoms. The van der Waals surface area contributed by atoms with Crippen molar-refractivity contribution in [1.82, 2.24) is 9.80 Å². The predicted molar refractivity (Wildman–Crippen MR) is 135 cm³/mol. The van der Waals surface area contributed by atoms with E-state index in [1.807, 2.05) is 25.1 Å². The third kappa shape index (κ3) is 3.61. The van der Waals surface area contributed by atoms with E-state index in [-0.39, 0.29) is 24.2 Å². The van der Waals surface area contributed by atoms with E-state index < -0.39 is 64.4 Å². The van der Waals surface area contributed by atoms with Crippen LogP contribution in [0.2, 0.25) is 0 Å². The van der Waals surface area contributed by atoms with Crippen molar-refractivity contribution in [1.29, 1.82) is 0 Å². The molecule has 6 atom stereocenters. The fourth-order valence-corrected chi connectivity index (χ4v) is 7.14. The number of aryl methyl sites for hydroxylation is 1. The maximum Gasteiger partial charge on any atom is 0.235 e. The summed E-state index contributed by atoms with van der Waals surface area (Å²) >= 11 is 0. The van der Waals surface area contributed by atoms with Crippen molar-refractivity contribution < 1.29 is 34.2 Å². The van der Waals surface area contributed by atoms with Crippen molar-refractivity contribution in [2.45, 2.75) is 44.4 Å². The van der Waals surface area contributed by atoms with E-state index in [4.69, 9.17) is 5.73 Å². The average Bonchev–Trinajstić information content (AvgIpc) is 3.36. The summed E-state index contributed by atoms with van der Waals surface area (Å²) in [5.74, 6) is -10.1. The molecule has 3 aliphatic carbocycles. The first-order valence-corrected chi connectivity index (χ1v) is 13.0. The number of fused-ring (bicyclic) bond motifs is 3. The van der Waals surface area contributed by atoms with Crippen molar-refractivity contribution in [3.8, 4) is 5.75 Å². The quantitative estimate of drug-likeness (QED) is 0.351. The summed E-state index contributed by atoms with van der Waals surface area (Å²) in [7, 11) is 3.14. The molecule has 1 aromatic carbocycles. The number of benzene rings is 1. The Labute approximate surface area is 220 Å². The minimum Gasteiger partial charge on any atom is -0.507 e. The van der Waals surface area contributed by atoms with Gasteiger partial charge in [-0.05, 0) is 50.4 Å². The second-order valence-electron chi connectivity index (χ2n) is 11.2. The largest absolute Gasteiger partial charge is 0.507 e. The number of carbonyl (C=O) groups excluding carboxylic acids is 5. The molecule has 10 nitrogen and oxygen atoms in total. The number of phenols is 1. The third-order valence-electron chi connectivity index (χ3n) is 8.90. The molecule has 1 amide bonds. The minimum absolute atomic E-state index is 0.0506. The van der Waals surface area contributed by atoms with Crippen LogP contribution >= 0.6 is 0 Å². The number of amides is 1. The van der Waals surface area contributed by atoms with Gasteiger partial charge in [-0.15, -0.1) is 0 Å². The molecule has 2 saturated carbocycles. The van der Waals surface area contributed by atoms with Gasteiger partial charge in [-0.1, -0.05) is 25.1 Å². The topological polar surface area (TPSA) is 158 Å². The van der Waals surface area contributed by atoms with Crippen LogP contribution in [-0.4, -0.2) is 87.9 Å². The van der Waals surface area contributed by atoms with E-state index in [9.17, 15) is 34.2 Å². The van der Waals surface area contributed by atoms with Crippen LogP contribution in [-0.2, 0) is 38.6 Å². The number of likely N-dealkylation sites (N-methyl/N-ethyl adjacent to an activating group) is 1. The van der Waals surface area contributed by atoms with Crippen LogP contribution in [0.3, 0.4) is 0 Å². The highest BCUT2D eigenvalue weighted by atomic mass is 16.3. The Morgan fingerprint density at radius 2 is 1.79 bits per heavy atom. The van der Waals surface area contributed by atoms with Crippen LogP contribution in [0.25, 0.3) is 0 Å². The Morgan fingerprint density at radius 1 is 1.13 bits per heavy atom. The van der Waals surface area contributed by atoms with Gasteiger partial charge >= 0.3 is 0 Å². The fourth-order valence-electron chi connectivity index (χ4n) is 7.14. The maximum atomic E-state index is 14.0. The number of hydrogen-bond acceptors (Lipinski definition) is 9. The molecular weight excluding hydrogens is 490 g/mol. The van der Waals surface area contributed by atoms with Crippen LogP contribution in [0, 0.1) is 23.7 Å². The first-order chi connectivity index (χ1) is 17.9. The van der Waals surface area contributed by atoms with Crippen LogP contribution in [0.4, 0.5) is 0 Å².